The second-order valence-corrected chi connectivity index (χ2v) is 6.93. The van der Waals surface area contributed by atoms with Crippen LogP contribution in [0.4, 0.5) is 5.13 Å². The normalized spacial score (nSPS) is 18.8. The Labute approximate surface area is 168 Å². The highest BCUT2D eigenvalue weighted by molar-refractivity contribution is 7.14. The predicted octanol–water partition coefficient (Wildman–Crippen LogP) is -0.0467. The van der Waals surface area contributed by atoms with E-state index in [0.717, 1.165) is 11.3 Å². The van der Waals surface area contributed by atoms with E-state index in [0.29, 0.717) is 0 Å². The maximum absolute atomic E-state index is 12.6. The molecular formula is C15H18ClN5O6S. The van der Waals surface area contributed by atoms with E-state index in [4.69, 9.17) is 21.2 Å². The summed E-state index contributed by atoms with van der Waals surface area (Å²) in [6, 6.07) is -1.07. The monoisotopic (exact) mass is 431 g/mol. The fraction of sp³-hybridized carbons (Fsp3) is 0.467. The van der Waals surface area contributed by atoms with Gasteiger partial charge in [0.15, 0.2) is 16.9 Å². The number of thiazole rings is 1. The third-order valence-corrected chi connectivity index (χ3v) is 4.13. The lowest BCUT2D eigenvalue weighted by atomic mass is 10.1. The Balaban J connectivity index is 2.17. The molecule has 0 spiro atoms. The molecule has 13 heteroatoms. The molecule has 3 N–H and O–H groups in total. The van der Waals surface area contributed by atoms with Gasteiger partial charge in [-0.2, -0.15) is 0 Å². The number of rotatable bonds is 8. The highest BCUT2D eigenvalue weighted by atomic mass is 35.5. The lowest BCUT2D eigenvalue weighted by Crippen LogP contribution is -2.70. The first-order chi connectivity index (χ1) is 13.2. The van der Waals surface area contributed by atoms with Crippen molar-refractivity contribution < 1.29 is 28.8 Å². The maximum Gasteiger partial charge on any atom is 0.304 e. The maximum atomic E-state index is 12.6. The second kappa shape index (κ2) is 9.46. The largest absolute Gasteiger partial charge is 0.439 e. The van der Waals surface area contributed by atoms with Gasteiger partial charge in [-0.3, -0.25) is 19.2 Å². The quantitative estimate of drug-likeness (QED) is 0.172. The first kappa shape index (κ1) is 21.6. The van der Waals surface area contributed by atoms with Crippen LogP contribution >= 0.6 is 22.9 Å². The Morgan fingerprint density at radius 3 is 2.71 bits per heavy atom. The first-order valence-electron chi connectivity index (χ1n) is 8.05. The number of hydrogen-bond donors (Lipinski definition) is 3. The highest BCUT2D eigenvalue weighted by Gasteiger charge is 2.43. The zero-order valence-electron chi connectivity index (χ0n) is 15.1. The van der Waals surface area contributed by atoms with Crippen molar-refractivity contribution in [1.29, 1.82) is 0 Å². The van der Waals surface area contributed by atoms with Gasteiger partial charge in [-0.15, -0.1) is 22.9 Å². The second-order valence-electron chi connectivity index (χ2n) is 5.80. The Bertz CT molecular complexity index is 811. The number of aromatic nitrogens is 1. The highest BCUT2D eigenvalue weighted by Crippen LogP contribution is 2.17. The molecule has 1 aliphatic rings. The molecule has 2 heterocycles. The first-order valence-corrected chi connectivity index (χ1v) is 9.46. The van der Waals surface area contributed by atoms with Crippen LogP contribution in [-0.4, -0.2) is 58.6 Å². The number of β-lactam (4-membered cyclic amide) rings is 1. The minimum Gasteiger partial charge on any atom is -0.439 e. The summed E-state index contributed by atoms with van der Waals surface area (Å²) in [6.45, 7) is 4.60. The van der Waals surface area contributed by atoms with Gasteiger partial charge in [0.25, 0.3) is 11.8 Å². The Kier molecular flexibility index (Phi) is 7.29. The number of alkyl halides is 1. The summed E-state index contributed by atoms with van der Waals surface area (Å²) in [4.78, 5) is 56.0. The topological polar surface area (TPSA) is 148 Å². The lowest BCUT2D eigenvalue weighted by molar-refractivity contribution is -0.163. The Hall–Kier alpha value is -2.73. The van der Waals surface area contributed by atoms with E-state index in [2.05, 4.69) is 26.1 Å². The van der Waals surface area contributed by atoms with Crippen LogP contribution in [0.2, 0.25) is 0 Å². The molecule has 11 nitrogen and oxygen atoms in total. The van der Waals surface area contributed by atoms with Crippen LogP contribution in [0, 0.1) is 0 Å². The number of oxime groups is 1. The van der Waals surface area contributed by atoms with Gasteiger partial charge in [0.2, 0.25) is 12.1 Å². The van der Waals surface area contributed by atoms with E-state index in [1.165, 1.54) is 12.3 Å². The van der Waals surface area contributed by atoms with Crippen molar-refractivity contribution in [2.45, 2.75) is 39.1 Å². The summed E-state index contributed by atoms with van der Waals surface area (Å²) in [5.74, 6) is -2.60. The number of halogens is 1. The number of carbonyl (C=O) groups is 4. The van der Waals surface area contributed by atoms with Crippen LogP contribution in [-0.2, 0) is 28.8 Å². The van der Waals surface area contributed by atoms with Gasteiger partial charge in [-0.25, -0.2) is 4.98 Å². The van der Waals surface area contributed by atoms with Gasteiger partial charge in [0, 0.05) is 12.3 Å². The molecule has 1 fully saturated rings. The van der Waals surface area contributed by atoms with E-state index in [9.17, 15) is 19.2 Å². The van der Waals surface area contributed by atoms with Crippen molar-refractivity contribution in [3.63, 3.8) is 0 Å². The van der Waals surface area contributed by atoms with Crippen molar-refractivity contribution >= 4 is 57.5 Å². The number of esters is 1. The van der Waals surface area contributed by atoms with Gasteiger partial charge in [0.05, 0.1) is 0 Å². The summed E-state index contributed by atoms with van der Waals surface area (Å²) < 4.78 is 4.88. The lowest BCUT2D eigenvalue weighted by Gasteiger charge is -2.35. The molecule has 1 saturated heterocycles. The number of hydrogen-bond acceptors (Lipinski definition) is 9. The van der Waals surface area contributed by atoms with Crippen molar-refractivity contribution in [2.24, 2.45) is 5.16 Å². The van der Waals surface area contributed by atoms with Crippen LogP contribution in [0.1, 0.15) is 26.5 Å². The number of nitrogens with zero attached hydrogens (tertiary/aromatic N) is 2. The third kappa shape index (κ3) is 5.63. The minimum atomic E-state index is -1.07. The third-order valence-electron chi connectivity index (χ3n) is 3.13. The van der Waals surface area contributed by atoms with Gasteiger partial charge in [-0.1, -0.05) is 5.16 Å². The van der Waals surface area contributed by atoms with Crippen molar-refractivity contribution in [1.82, 2.24) is 15.6 Å². The van der Waals surface area contributed by atoms with Gasteiger partial charge < -0.3 is 25.5 Å². The fourth-order valence-corrected chi connectivity index (χ4v) is 2.72. The number of nitrogens with one attached hydrogen (secondary N) is 3. The standard InChI is InChI=1S/C15H18ClN5O6S/c1-6(2)27-21-10(8-5-28-15(17-8)18-9(23)4-16)12(24)19-11-13(25)20-14(11)26-7(3)22/h5-6,11,14H,4H2,1-3H3,(H,19,24)(H,20,25)(H,17,18,23)/b21-10+/t11-,14+/m1/s1. The average Bonchev–Trinajstić information content (AvgIpc) is 3.06. The number of anilines is 1. The zero-order chi connectivity index (χ0) is 20.8. The summed E-state index contributed by atoms with van der Waals surface area (Å²) in [6.07, 6.45) is -1.30. The van der Waals surface area contributed by atoms with E-state index in [1.54, 1.807) is 13.8 Å². The molecule has 0 aliphatic carbocycles. The average molecular weight is 432 g/mol. The van der Waals surface area contributed by atoms with Crippen LogP contribution in [0.5, 0.6) is 0 Å². The number of carbonyl (C=O) groups excluding carboxylic acids is 4. The molecule has 2 atom stereocenters. The molecule has 1 aromatic heterocycles. The van der Waals surface area contributed by atoms with E-state index >= 15 is 0 Å². The molecule has 2 rings (SSSR count). The van der Waals surface area contributed by atoms with E-state index < -0.39 is 36.0 Å². The van der Waals surface area contributed by atoms with Crippen LogP contribution in [0.25, 0.3) is 0 Å². The number of amides is 3. The SMILES string of the molecule is CC(=O)O[C@@H]1NC(=O)[C@H]1NC(=O)/C(=N/OC(C)C)c1csc(NC(=O)CCl)n1. The molecule has 1 aromatic rings. The molecule has 0 bridgehead atoms. The molecule has 152 valence electrons. The summed E-state index contributed by atoms with van der Waals surface area (Å²) in [5.41, 5.74) is -0.0885. The van der Waals surface area contributed by atoms with Crippen molar-refractivity contribution in [3.05, 3.63) is 11.1 Å². The molecule has 28 heavy (non-hydrogen) atoms. The molecule has 0 aromatic carbocycles. The van der Waals surface area contributed by atoms with Crippen molar-refractivity contribution in [2.75, 3.05) is 11.2 Å². The summed E-state index contributed by atoms with van der Waals surface area (Å²) in [5, 5.41) is 12.7. The summed E-state index contributed by atoms with van der Waals surface area (Å²) >= 11 is 6.49. The van der Waals surface area contributed by atoms with Crippen LogP contribution < -0.4 is 16.0 Å². The summed E-state index contributed by atoms with van der Waals surface area (Å²) in [7, 11) is 0. The Morgan fingerprint density at radius 1 is 1.43 bits per heavy atom. The van der Waals surface area contributed by atoms with Gasteiger partial charge in [-0.05, 0) is 13.8 Å². The molecule has 0 saturated carbocycles. The van der Waals surface area contributed by atoms with E-state index in [1.807, 2.05) is 0 Å². The zero-order valence-corrected chi connectivity index (χ0v) is 16.7. The molecule has 0 unspecified atom stereocenters. The van der Waals surface area contributed by atoms with Crippen LogP contribution in [0.3, 0.4) is 0 Å². The number of ether oxygens (including phenoxy) is 1. The van der Waals surface area contributed by atoms with Crippen molar-refractivity contribution in [3.8, 4) is 0 Å². The fourth-order valence-electron chi connectivity index (χ4n) is 1.94. The van der Waals surface area contributed by atoms with E-state index in [-0.39, 0.29) is 28.5 Å². The Morgan fingerprint density at radius 2 is 2.14 bits per heavy atom. The minimum absolute atomic E-state index is 0.122. The van der Waals surface area contributed by atoms with Gasteiger partial charge in [0.1, 0.15) is 17.7 Å². The molecular weight excluding hydrogens is 414 g/mol. The molecule has 0 radical (unpaired) electrons. The molecule has 1 aliphatic heterocycles. The predicted molar refractivity (Wildman–Crippen MR) is 99.8 cm³/mol. The molecule has 3 amide bonds. The van der Waals surface area contributed by atoms with Gasteiger partial charge >= 0.3 is 5.97 Å². The smallest absolute Gasteiger partial charge is 0.304 e. The van der Waals surface area contributed by atoms with Crippen LogP contribution in [0.15, 0.2) is 10.5 Å².